The topological polar surface area (TPSA) is 59.1 Å². The van der Waals surface area contributed by atoms with Crippen molar-refractivity contribution in [3.63, 3.8) is 0 Å². The number of aryl methyl sites for hydroxylation is 2. The Bertz CT molecular complexity index is 1250. The van der Waals surface area contributed by atoms with Crippen molar-refractivity contribution < 1.29 is 9.59 Å². The summed E-state index contributed by atoms with van der Waals surface area (Å²) in [6.45, 7) is 1.89. The number of fused-ring (bicyclic) bond motifs is 3. The van der Waals surface area contributed by atoms with Gasteiger partial charge in [-0.05, 0) is 86.1 Å². The molecule has 2 aliphatic rings. The number of pyridine rings is 1. The number of ketones is 1. The number of hydrogen-bond donors (Lipinski definition) is 1. The van der Waals surface area contributed by atoms with Crippen LogP contribution < -0.4 is 5.32 Å². The van der Waals surface area contributed by atoms with Gasteiger partial charge in [0, 0.05) is 23.6 Å². The molecule has 0 bridgehead atoms. The predicted octanol–water partition coefficient (Wildman–Crippen LogP) is 5.75. The largest absolute Gasteiger partial charge is 0.320 e. The summed E-state index contributed by atoms with van der Waals surface area (Å²) in [7, 11) is 0. The minimum absolute atomic E-state index is 0.121. The maximum atomic E-state index is 13.0. The molecule has 1 aromatic heterocycles. The molecule has 1 amide bonds. The number of amides is 1. The predicted molar refractivity (Wildman–Crippen MR) is 130 cm³/mol. The summed E-state index contributed by atoms with van der Waals surface area (Å²) in [5.41, 5.74) is 7.03. The van der Waals surface area contributed by atoms with Crippen LogP contribution in [0.25, 0.3) is 0 Å². The van der Waals surface area contributed by atoms with E-state index in [0.29, 0.717) is 12.0 Å². The maximum absolute atomic E-state index is 13.0. The zero-order chi connectivity index (χ0) is 22.8. The zero-order valence-corrected chi connectivity index (χ0v) is 18.9. The quantitative estimate of drug-likeness (QED) is 0.567. The Kier molecular flexibility index (Phi) is 5.67. The summed E-state index contributed by atoms with van der Waals surface area (Å²) >= 11 is 0. The second kappa shape index (κ2) is 8.78. The first-order valence-corrected chi connectivity index (χ1v) is 11.7. The highest BCUT2D eigenvalue weighted by Crippen LogP contribution is 2.48. The van der Waals surface area contributed by atoms with E-state index in [1.54, 1.807) is 6.20 Å². The van der Waals surface area contributed by atoms with E-state index >= 15 is 0 Å². The van der Waals surface area contributed by atoms with Gasteiger partial charge in [0.05, 0.1) is 11.4 Å². The van der Waals surface area contributed by atoms with Gasteiger partial charge in [-0.15, -0.1) is 0 Å². The molecule has 3 aromatic rings. The molecule has 0 aliphatic heterocycles. The molecular formula is C29H28N2O2. The molecule has 5 rings (SSSR count). The lowest BCUT2D eigenvalue weighted by molar-refractivity contribution is -0.115. The fourth-order valence-corrected chi connectivity index (χ4v) is 5.45. The molecule has 1 unspecified atom stereocenters. The van der Waals surface area contributed by atoms with Crippen LogP contribution in [0.4, 0.5) is 5.69 Å². The highest BCUT2D eigenvalue weighted by atomic mass is 16.1. The Morgan fingerprint density at radius 3 is 2.70 bits per heavy atom. The van der Waals surface area contributed by atoms with Crippen molar-refractivity contribution in [2.24, 2.45) is 0 Å². The average Bonchev–Trinajstić information content (AvgIpc) is 2.97. The molecule has 0 spiro atoms. The van der Waals surface area contributed by atoms with Gasteiger partial charge in [0.1, 0.15) is 0 Å². The smallest absolute Gasteiger partial charge is 0.255 e. The number of hydrogen-bond acceptors (Lipinski definition) is 3. The van der Waals surface area contributed by atoms with Crippen molar-refractivity contribution in [1.29, 1.82) is 0 Å². The Balaban J connectivity index is 1.54. The number of nitrogens with zero attached hydrogens (tertiary/aromatic N) is 1. The van der Waals surface area contributed by atoms with Gasteiger partial charge in [-0.2, -0.15) is 0 Å². The Labute approximate surface area is 194 Å². The molecule has 4 heteroatoms. The number of carbonyl (C=O) groups is 2. The number of aromatic nitrogens is 1. The maximum Gasteiger partial charge on any atom is 0.255 e. The van der Waals surface area contributed by atoms with Crippen LogP contribution in [0.15, 0.2) is 78.5 Å². The van der Waals surface area contributed by atoms with Crippen molar-refractivity contribution in [3.8, 4) is 0 Å². The Morgan fingerprint density at radius 2 is 1.88 bits per heavy atom. The third kappa shape index (κ3) is 4.13. The molecule has 0 fully saturated rings. The number of benzene rings is 2. The first-order chi connectivity index (χ1) is 16.0. The van der Waals surface area contributed by atoms with E-state index in [0.717, 1.165) is 43.5 Å². The summed E-state index contributed by atoms with van der Waals surface area (Å²) < 4.78 is 0. The standard InChI is InChI=1S/C29H28N2O2/c1-20-27(11-6-16-30-20)31-28(33)23-12-13-26-22(17-23)9-5-10-24-18-25(32)14-15-29(24,26)19-21-7-3-2-4-8-21/h2-4,6-8,11-13,16-18H,5,9-10,14-15,19H2,1H3,(H,31,33). The van der Waals surface area contributed by atoms with Crippen molar-refractivity contribution in [3.05, 3.63) is 106 Å². The molecular weight excluding hydrogens is 408 g/mol. The SMILES string of the molecule is Cc1ncccc1NC(=O)c1ccc2c(c1)CCCC1=CC(=O)CCC12Cc1ccccc1. The fourth-order valence-electron chi connectivity index (χ4n) is 5.45. The molecule has 1 N–H and O–H groups in total. The molecule has 166 valence electrons. The summed E-state index contributed by atoms with van der Waals surface area (Å²) in [5, 5.41) is 3.00. The highest BCUT2D eigenvalue weighted by Gasteiger charge is 2.41. The highest BCUT2D eigenvalue weighted by molar-refractivity contribution is 6.04. The van der Waals surface area contributed by atoms with E-state index in [1.165, 1.54) is 22.3 Å². The number of anilines is 1. The van der Waals surface area contributed by atoms with Crippen LogP contribution in [-0.2, 0) is 23.1 Å². The van der Waals surface area contributed by atoms with Gasteiger partial charge >= 0.3 is 0 Å². The lowest BCUT2D eigenvalue weighted by Crippen LogP contribution is -2.35. The number of carbonyl (C=O) groups excluding carboxylic acids is 2. The van der Waals surface area contributed by atoms with Crippen LogP contribution >= 0.6 is 0 Å². The van der Waals surface area contributed by atoms with Gasteiger partial charge in [-0.1, -0.05) is 42.0 Å². The van der Waals surface area contributed by atoms with Crippen LogP contribution in [0, 0.1) is 6.92 Å². The molecule has 4 nitrogen and oxygen atoms in total. The summed E-state index contributed by atoms with van der Waals surface area (Å²) in [4.78, 5) is 29.6. The van der Waals surface area contributed by atoms with Crippen LogP contribution in [0.3, 0.4) is 0 Å². The van der Waals surface area contributed by atoms with Crippen molar-refractivity contribution in [2.75, 3.05) is 5.32 Å². The molecule has 33 heavy (non-hydrogen) atoms. The fraction of sp³-hybridized carbons (Fsp3) is 0.276. The molecule has 1 heterocycles. The van der Waals surface area contributed by atoms with Crippen LogP contribution in [-0.4, -0.2) is 16.7 Å². The third-order valence-corrected chi connectivity index (χ3v) is 7.13. The van der Waals surface area contributed by atoms with Gasteiger partial charge in [0.15, 0.2) is 5.78 Å². The molecule has 2 aromatic carbocycles. The summed E-state index contributed by atoms with van der Waals surface area (Å²) in [6.07, 6.45) is 8.70. The molecule has 0 saturated heterocycles. The summed E-state index contributed by atoms with van der Waals surface area (Å²) in [6, 6.07) is 20.4. The first kappa shape index (κ1) is 21.3. The second-order valence-corrected chi connectivity index (χ2v) is 9.20. The molecule has 1 atom stereocenters. The van der Waals surface area contributed by atoms with Crippen LogP contribution in [0.2, 0.25) is 0 Å². The van der Waals surface area contributed by atoms with Crippen molar-refractivity contribution in [2.45, 2.75) is 50.9 Å². The van der Waals surface area contributed by atoms with Crippen molar-refractivity contribution >= 4 is 17.4 Å². The van der Waals surface area contributed by atoms with Gasteiger partial charge in [-0.25, -0.2) is 0 Å². The van der Waals surface area contributed by atoms with E-state index in [-0.39, 0.29) is 17.1 Å². The normalized spacial score (nSPS) is 19.7. The minimum atomic E-state index is -0.184. The van der Waals surface area contributed by atoms with Crippen LogP contribution in [0.1, 0.15) is 58.4 Å². The van der Waals surface area contributed by atoms with Gasteiger partial charge in [0.25, 0.3) is 5.91 Å². The van der Waals surface area contributed by atoms with E-state index in [9.17, 15) is 9.59 Å². The number of nitrogens with one attached hydrogen (secondary N) is 1. The minimum Gasteiger partial charge on any atom is -0.320 e. The first-order valence-electron chi connectivity index (χ1n) is 11.7. The Hall–Kier alpha value is -3.53. The summed E-state index contributed by atoms with van der Waals surface area (Å²) in [5.74, 6) is 0.116. The molecule has 2 aliphatic carbocycles. The monoisotopic (exact) mass is 436 g/mol. The Morgan fingerprint density at radius 1 is 1.03 bits per heavy atom. The van der Waals surface area contributed by atoms with Gasteiger partial charge in [0.2, 0.25) is 0 Å². The van der Waals surface area contributed by atoms with E-state index in [4.69, 9.17) is 0 Å². The van der Waals surface area contributed by atoms with Gasteiger partial charge < -0.3 is 5.32 Å². The number of allylic oxidation sites excluding steroid dienone is 2. The average molecular weight is 437 g/mol. The third-order valence-electron chi connectivity index (χ3n) is 7.13. The van der Waals surface area contributed by atoms with Crippen LogP contribution in [0.5, 0.6) is 0 Å². The molecule has 0 saturated carbocycles. The zero-order valence-electron chi connectivity index (χ0n) is 18.9. The van der Waals surface area contributed by atoms with Crippen molar-refractivity contribution in [1.82, 2.24) is 4.98 Å². The lowest BCUT2D eigenvalue weighted by atomic mass is 9.63. The molecule has 0 radical (unpaired) electrons. The second-order valence-electron chi connectivity index (χ2n) is 9.20. The van der Waals surface area contributed by atoms with E-state index in [2.05, 4.69) is 46.7 Å². The van der Waals surface area contributed by atoms with E-state index in [1.807, 2.05) is 37.3 Å². The van der Waals surface area contributed by atoms with Gasteiger partial charge in [-0.3, -0.25) is 14.6 Å². The number of rotatable bonds is 4. The van der Waals surface area contributed by atoms with E-state index < -0.39 is 0 Å². The lowest BCUT2D eigenvalue weighted by Gasteiger charge is -2.39.